The molecule has 6 rings (SSSR count). The fraction of sp³-hybridized carbons (Fsp3) is 0.242. The van der Waals surface area contributed by atoms with Crippen LogP contribution in [0, 0.1) is 6.92 Å². The van der Waals surface area contributed by atoms with Crippen molar-refractivity contribution in [1.29, 1.82) is 0 Å². The molecule has 210 valence electrons. The number of carbonyl (C=O) groups excluding carboxylic acids is 1. The Kier molecular flexibility index (Phi) is 7.58. The number of carbonyl (C=O) groups is 1. The summed E-state index contributed by atoms with van der Waals surface area (Å²) in [5.41, 5.74) is 6.22. The molecular weight excluding hydrogens is 540 g/mol. The Hall–Kier alpha value is -4.04. The fourth-order valence-corrected chi connectivity index (χ4v) is 5.96. The van der Waals surface area contributed by atoms with Gasteiger partial charge in [0.15, 0.2) is 0 Å². The molecule has 5 aromatic rings. The van der Waals surface area contributed by atoms with Crippen molar-refractivity contribution in [3.05, 3.63) is 89.5 Å². The summed E-state index contributed by atoms with van der Waals surface area (Å²) in [5.74, 6) is 1.13. The van der Waals surface area contributed by atoms with Crippen LogP contribution in [0.25, 0.3) is 32.9 Å². The maximum atomic E-state index is 13.9. The van der Waals surface area contributed by atoms with Crippen molar-refractivity contribution >= 4 is 44.9 Å². The van der Waals surface area contributed by atoms with Crippen molar-refractivity contribution < 1.29 is 24.5 Å². The number of alkyl halides is 1. The van der Waals surface area contributed by atoms with Crippen molar-refractivity contribution in [2.45, 2.75) is 12.8 Å². The first-order valence-corrected chi connectivity index (χ1v) is 14.2. The molecule has 1 amide bonds. The number of phenolic OH excluding ortho intramolecular Hbond substituents is 1. The second-order valence-electron chi connectivity index (χ2n) is 10.3. The van der Waals surface area contributed by atoms with E-state index in [4.69, 9.17) is 26.2 Å². The first kappa shape index (κ1) is 27.1. The van der Waals surface area contributed by atoms with E-state index in [1.54, 1.807) is 11.0 Å². The van der Waals surface area contributed by atoms with Crippen molar-refractivity contribution in [1.82, 2.24) is 4.98 Å². The number of H-pyrrole nitrogens is 1. The van der Waals surface area contributed by atoms with Gasteiger partial charge in [-0.25, -0.2) is 0 Å². The van der Waals surface area contributed by atoms with E-state index in [-0.39, 0.29) is 24.2 Å². The van der Waals surface area contributed by atoms with Gasteiger partial charge in [-0.05, 0) is 77.5 Å². The number of benzene rings is 4. The predicted octanol–water partition coefficient (Wildman–Crippen LogP) is 6.37. The van der Waals surface area contributed by atoms with E-state index < -0.39 is 0 Å². The van der Waals surface area contributed by atoms with Gasteiger partial charge in [-0.2, -0.15) is 0 Å². The fourth-order valence-electron chi connectivity index (χ4n) is 5.71. The quantitative estimate of drug-likeness (QED) is 0.141. The number of rotatable bonds is 9. The molecule has 0 aliphatic carbocycles. The number of aliphatic hydroxyl groups excluding tert-OH is 1. The number of aliphatic hydroxyl groups is 1. The number of amides is 1. The summed E-state index contributed by atoms with van der Waals surface area (Å²) in [7, 11) is 0. The monoisotopic (exact) mass is 570 g/mol. The smallest absolute Gasteiger partial charge is 0.258 e. The molecule has 1 atom stereocenters. The standard InChI is InChI=1S/C33H31ClN2O5/c1-20-3-2-4-26-30(38)17-29-32(31(20)26)24(18-34)19-36(29)33(39)22-7-10-27-23(15-22)16-28(35-27)21-5-8-25(9-6-21)41-14-13-40-12-11-37/h2-10,15-17,24,35,37-38H,11-14,18-19H2,1H3/t24-/m1/s1. The number of aryl methyl sites for hydroxylation is 1. The molecule has 3 N–H and O–H groups in total. The number of phenols is 1. The lowest BCUT2D eigenvalue weighted by atomic mass is 9.92. The van der Waals surface area contributed by atoms with Crippen molar-refractivity contribution in [3.63, 3.8) is 0 Å². The van der Waals surface area contributed by atoms with Gasteiger partial charge < -0.3 is 29.6 Å². The largest absolute Gasteiger partial charge is 0.507 e. The lowest BCUT2D eigenvalue weighted by molar-refractivity contribution is 0.0705. The second-order valence-corrected chi connectivity index (χ2v) is 10.6. The van der Waals surface area contributed by atoms with Crippen molar-refractivity contribution in [2.75, 3.05) is 43.8 Å². The number of hydrogen-bond donors (Lipinski definition) is 3. The molecule has 41 heavy (non-hydrogen) atoms. The Morgan fingerprint density at radius 3 is 2.66 bits per heavy atom. The molecule has 2 heterocycles. The Morgan fingerprint density at radius 1 is 1.05 bits per heavy atom. The molecule has 0 spiro atoms. The summed E-state index contributed by atoms with van der Waals surface area (Å²) in [6, 6.07) is 23.0. The van der Waals surface area contributed by atoms with Crippen LogP contribution in [0.4, 0.5) is 5.69 Å². The number of nitrogens with zero attached hydrogens (tertiary/aromatic N) is 1. The Balaban J connectivity index is 1.25. The molecule has 8 heteroatoms. The van der Waals surface area contributed by atoms with Crippen LogP contribution in [0.5, 0.6) is 11.5 Å². The Morgan fingerprint density at radius 2 is 1.88 bits per heavy atom. The van der Waals surface area contributed by atoms with Crippen molar-refractivity contribution in [2.24, 2.45) is 0 Å². The zero-order valence-electron chi connectivity index (χ0n) is 22.7. The van der Waals surface area contributed by atoms with Crippen LogP contribution in [-0.4, -0.2) is 60.0 Å². The molecule has 0 radical (unpaired) electrons. The first-order valence-electron chi connectivity index (χ1n) is 13.7. The SMILES string of the molecule is Cc1cccc2c(O)cc3c(c12)[C@H](CCl)CN3C(=O)c1ccc2[nH]c(-c3ccc(OCCOCCO)cc3)cc2c1. The highest BCUT2D eigenvalue weighted by Gasteiger charge is 2.35. The van der Waals surface area contributed by atoms with Gasteiger partial charge in [0.2, 0.25) is 0 Å². The third kappa shape index (κ3) is 5.12. The molecule has 0 unspecified atom stereocenters. The van der Waals surface area contributed by atoms with Crippen LogP contribution in [0.1, 0.15) is 27.4 Å². The topological polar surface area (TPSA) is 95.0 Å². The second kappa shape index (κ2) is 11.4. The molecule has 0 fully saturated rings. The summed E-state index contributed by atoms with van der Waals surface area (Å²) in [6.45, 7) is 3.60. The highest BCUT2D eigenvalue weighted by Crippen LogP contribution is 2.46. The summed E-state index contributed by atoms with van der Waals surface area (Å²) in [5, 5.41) is 22.3. The lowest BCUT2D eigenvalue weighted by Gasteiger charge is -2.19. The highest BCUT2D eigenvalue weighted by molar-refractivity contribution is 6.19. The Bertz CT molecular complexity index is 1730. The van der Waals surface area contributed by atoms with Gasteiger partial charge in [0, 0.05) is 52.0 Å². The number of aromatic amines is 1. The van der Waals surface area contributed by atoms with Crippen LogP contribution >= 0.6 is 11.6 Å². The van der Waals surface area contributed by atoms with E-state index >= 15 is 0 Å². The minimum absolute atomic E-state index is 0.00272. The lowest BCUT2D eigenvalue weighted by Crippen LogP contribution is -2.30. The molecule has 1 aliphatic heterocycles. The van der Waals surface area contributed by atoms with E-state index in [1.165, 1.54) is 0 Å². The maximum Gasteiger partial charge on any atom is 0.258 e. The number of anilines is 1. The van der Waals surface area contributed by atoms with Crippen LogP contribution in [-0.2, 0) is 4.74 Å². The summed E-state index contributed by atoms with van der Waals surface area (Å²) >= 11 is 6.41. The zero-order valence-corrected chi connectivity index (χ0v) is 23.4. The highest BCUT2D eigenvalue weighted by atomic mass is 35.5. The van der Waals surface area contributed by atoms with E-state index in [2.05, 4.69) is 4.98 Å². The molecule has 0 bridgehead atoms. The number of fused-ring (bicyclic) bond motifs is 4. The summed E-state index contributed by atoms with van der Waals surface area (Å²) < 4.78 is 10.9. The first-order chi connectivity index (χ1) is 20.0. The number of ether oxygens (including phenoxy) is 2. The van der Waals surface area contributed by atoms with E-state index in [0.717, 1.165) is 55.5 Å². The molecule has 0 saturated heterocycles. The molecule has 1 aromatic heterocycles. The zero-order chi connectivity index (χ0) is 28.5. The van der Waals surface area contributed by atoms with E-state index in [0.29, 0.717) is 37.8 Å². The minimum atomic E-state index is -0.125. The number of hydrogen-bond acceptors (Lipinski definition) is 5. The summed E-state index contributed by atoms with van der Waals surface area (Å²) in [4.78, 5) is 19.0. The summed E-state index contributed by atoms with van der Waals surface area (Å²) in [6.07, 6.45) is 0. The van der Waals surface area contributed by atoms with Gasteiger partial charge >= 0.3 is 0 Å². The maximum absolute atomic E-state index is 13.9. The van der Waals surface area contributed by atoms with Crippen LogP contribution in [0.2, 0.25) is 0 Å². The third-order valence-corrected chi connectivity index (χ3v) is 8.04. The van der Waals surface area contributed by atoms with E-state index in [1.807, 2.05) is 73.7 Å². The Labute approximate surface area is 242 Å². The van der Waals surface area contributed by atoms with E-state index in [9.17, 15) is 9.90 Å². The van der Waals surface area contributed by atoms with Crippen LogP contribution < -0.4 is 9.64 Å². The number of nitrogens with one attached hydrogen (secondary N) is 1. The average molecular weight is 571 g/mol. The number of halogens is 1. The predicted molar refractivity (Wildman–Crippen MR) is 163 cm³/mol. The molecule has 4 aromatic carbocycles. The van der Waals surface area contributed by atoms with Crippen LogP contribution in [0.15, 0.2) is 72.8 Å². The average Bonchev–Trinajstić information content (AvgIpc) is 3.58. The van der Waals surface area contributed by atoms with Crippen LogP contribution in [0.3, 0.4) is 0 Å². The number of aromatic hydroxyl groups is 1. The molecule has 7 nitrogen and oxygen atoms in total. The van der Waals surface area contributed by atoms with Gasteiger partial charge in [0.1, 0.15) is 18.1 Å². The minimum Gasteiger partial charge on any atom is -0.507 e. The van der Waals surface area contributed by atoms with Gasteiger partial charge in [-0.3, -0.25) is 4.79 Å². The van der Waals surface area contributed by atoms with Gasteiger partial charge in [-0.15, -0.1) is 11.6 Å². The third-order valence-electron chi connectivity index (χ3n) is 7.67. The normalized spacial score (nSPS) is 14.6. The molecular formula is C33H31ClN2O5. The van der Waals surface area contributed by atoms with Gasteiger partial charge in [-0.1, -0.05) is 18.2 Å². The van der Waals surface area contributed by atoms with Gasteiger partial charge in [0.25, 0.3) is 5.91 Å². The number of aromatic nitrogens is 1. The molecule has 0 saturated carbocycles. The molecule has 1 aliphatic rings. The van der Waals surface area contributed by atoms with Crippen molar-refractivity contribution in [3.8, 4) is 22.8 Å². The van der Waals surface area contributed by atoms with Gasteiger partial charge in [0.05, 0.1) is 25.5 Å².